The highest BCUT2D eigenvalue weighted by Crippen LogP contribution is 2.28. The monoisotopic (exact) mass is 1490 g/mol. The summed E-state index contributed by atoms with van der Waals surface area (Å²) in [5.74, 6) is -2.17. The number of alkyl carbamates (subject to hydrolysis) is 5. The van der Waals surface area contributed by atoms with Gasteiger partial charge in [0.2, 0.25) is 5.91 Å². The number of aliphatic hydroxyl groups is 4. The number of hydrogen-bond acceptors (Lipinski definition) is 20. The molecule has 7 amide bonds. The van der Waals surface area contributed by atoms with Crippen molar-refractivity contribution < 1.29 is 91.9 Å². The van der Waals surface area contributed by atoms with Gasteiger partial charge in [0.1, 0.15) is 58.0 Å². The molecule has 1 aliphatic heterocycles. The van der Waals surface area contributed by atoms with Gasteiger partial charge in [-0.1, -0.05) is 143 Å². The molecule has 104 heavy (non-hydrogen) atoms. The molecule has 27 heteroatoms. The van der Waals surface area contributed by atoms with E-state index in [0.717, 1.165) is 70.6 Å². The molecular weight excluding hydrogens is 1340 g/mol. The average molecular weight is 1490 g/mol. The van der Waals surface area contributed by atoms with E-state index in [1.807, 2.05) is 27.7 Å². The number of hydrogen-bond donors (Lipinski definition) is 12. The number of nitrogens with one attached hydrogen (secondary N) is 7. The van der Waals surface area contributed by atoms with Gasteiger partial charge in [-0.05, 0) is 148 Å². The molecule has 1 saturated heterocycles. The van der Waals surface area contributed by atoms with Crippen LogP contribution in [-0.2, 0) is 47.5 Å². The summed E-state index contributed by atoms with van der Waals surface area (Å²) in [5, 5.41) is 59.3. The summed E-state index contributed by atoms with van der Waals surface area (Å²) in [4.78, 5) is 107. The van der Waals surface area contributed by atoms with Crippen LogP contribution in [0.15, 0.2) is 0 Å². The number of aliphatic hydroxyl groups excluding tert-OH is 4. The molecule has 608 valence electrons. The first-order valence-electron chi connectivity index (χ1n) is 39.3. The molecule has 0 bridgehead atoms. The quantitative estimate of drug-likeness (QED) is 0.0153. The van der Waals surface area contributed by atoms with E-state index in [0.29, 0.717) is 90.1 Å². The number of unbranched alkanes of at least 4 members (excludes halogenated alkanes) is 17. The maximum Gasteiger partial charge on any atom is 0.408 e. The molecule has 0 aromatic rings. The van der Waals surface area contributed by atoms with Crippen molar-refractivity contribution in [1.82, 2.24) is 37.2 Å². The first kappa shape index (κ1) is 96.5. The molecule has 1 aliphatic rings. The van der Waals surface area contributed by atoms with Crippen LogP contribution in [0.3, 0.4) is 0 Å². The number of carbonyl (C=O) groups excluding carboxylic acids is 8. The predicted molar refractivity (Wildman–Crippen MR) is 402 cm³/mol. The number of amides is 7. The summed E-state index contributed by atoms with van der Waals surface area (Å²) in [6, 6.07) is -2.87. The summed E-state index contributed by atoms with van der Waals surface area (Å²) in [7, 11) is 0. The average Bonchev–Trinajstić information content (AvgIpc) is 0.815. The normalized spacial score (nSPS) is 18.4. The molecule has 1 heterocycles. The highest BCUT2D eigenvalue weighted by molar-refractivity contribution is 5.83. The van der Waals surface area contributed by atoms with Crippen LogP contribution in [-0.4, -0.2) is 183 Å². The second kappa shape index (κ2) is 49.5. The van der Waals surface area contributed by atoms with Crippen molar-refractivity contribution in [3.63, 3.8) is 0 Å². The van der Waals surface area contributed by atoms with Crippen LogP contribution >= 0.6 is 0 Å². The SMILES string of the molecule is CCCC(N)CC(C)(C)OC(=O)NC(C(=O)OC(C)(C)CC(CC)NC(=O)OC(C)(C)C)C(CCCCCCNC(=O)CCCCCCCCCCCCCCCCCNC(=O)C1OC(O)C(O)C(O)C1O)CNC(=O)OC(C)(C)CC(CCC)NC(=O)OC(C)(C)CC(CC)NC(=O)OC(C)(C)C. The lowest BCUT2D eigenvalue weighted by atomic mass is 9.92. The van der Waals surface area contributed by atoms with Gasteiger partial charge >= 0.3 is 36.4 Å². The summed E-state index contributed by atoms with van der Waals surface area (Å²) >= 11 is 0. The van der Waals surface area contributed by atoms with Crippen molar-refractivity contribution in [1.29, 1.82) is 0 Å². The standard InChI is InChI=1S/C77H146N8O19/c1-19-42-54(78)48-74(11,12)104-71(97)85-59(65(91)99-75(13,14)49-55(21-3)82-68(94)100-72(5,6)7)53(52-81-67(93)102-77(17,18)51-57(43-20-2)84-70(96)103-76(15,16)50-56(22-4)83-69(95)101-73(8,9)10)44-38-35-37-40-46-79-58(86)45-39-34-32-30-28-26-24-23-25-27-29-31-33-36-41-47-80-64(90)63-61(88)60(87)62(89)66(92)98-63/h53-57,59-63,66,87-89,92H,19-52,78H2,1-18H3,(H,79,86)(H,80,90)(H,81,93)(H,82,94)(H,83,95)(H,84,96)(H,85,97). The predicted octanol–water partition coefficient (Wildman–Crippen LogP) is 12.5. The number of carbonyl (C=O) groups is 8. The van der Waals surface area contributed by atoms with Crippen molar-refractivity contribution >= 4 is 48.2 Å². The van der Waals surface area contributed by atoms with Crippen LogP contribution in [0.2, 0.25) is 0 Å². The lowest BCUT2D eigenvalue weighted by Gasteiger charge is -2.37. The third kappa shape index (κ3) is 45.9. The largest absolute Gasteiger partial charge is 0.458 e. The van der Waals surface area contributed by atoms with Crippen LogP contribution in [0.25, 0.3) is 0 Å². The number of ether oxygens (including phenoxy) is 7. The van der Waals surface area contributed by atoms with Gasteiger partial charge in [-0.3, -0.25) is 9.59 Å². The van der Waals surface area contributed by atoms with Gasteiger partial charge < -0.3 is 96.5 Å². The molecular formula is C77H146N8O19. The van der Waals surface area contributed by atoms with Crippen molar-refractivity contribution in [2.45, 2.75) is 418 Å². The zero-order chi connectivity index (χ0) is 78.9. The molecule has 13 N–H and O–H groups in total. The summed E-state index contributed by atoms with van der Waals surface area (Å²) in [5.41, 5.74) is 0.644. The van der Waals surface area contributed by atoms with E-state index in [1.165, 1.54) is 38.5 Å². The molecule has 0 saturated carbocycles. The molecule has 0 aliphatic carbocycles. The van der Waals surface area contributed by atoms with E-state index in [2.05, 4.69) is 37.2 Å². The Hall–Kier alpha value is -5.48. The number of rotatable bonds is 52. The molecule has 1 fully saturated rings. The van der Waals surface area contributed by atoms with E-state index < -0.39 is 131 Å². The van der Waals surface area contributed by atoms with Crippen LogP contribution in [0.1, 0.15) is 324 Å². The third-order valence-corrected chi connectivity index (χ3v) is 18.1. The second-order valence-electron chi connectivity index (χ2n) is 33.2. The Morgan fingerprint density at radius 1 is 0.404 bits per heavy atom. The van der Waals surface area contributed by atoms with Crippen molar-refractivity contribution in [2.75, 3.05) is 19.6 Å². The maximum absolute atomic E-state index is 14.9. The summed E-state index contributed by atoms with van der Waals surface area (Å²) in [6.45, 7) is 33.1. The van der Waals surface area contributed by atoms with Crippen LogP contribution < -0.4 is 43.0 Å². The minimum atomic E-state index is -1.75. The van der Waals surface area contributed by atoms with Gasteiger partial charge in [0.25, 0.3) is 5.91 Å². The van der Waals surface area contributed by atoms with Gasteiger partial charge in [0, 0.05) is 81.8 Å². The lowest BCUT2D eigenvalue weighted by molar-refractivity contribution is -0.275. The van der Waals surface area contributed by atoms with E-state index in [4.69, 9.17) is 38.9 Å². The highest BCUT2D eigenvalue weighted by atomic mass is 16.6. The van der Waals surface area contributed by atoms with E-state index in [9.17, 15) is 58.8 Å². The smallest absolute Gasteiger partial charge is 0.408 e. The van der Waals surface area contributed by atoms with Crippen LogP contribution in [0.5, 0.6) is 0 Å². The van der Waals surface area contributed by atoms with Gasteiger partial charge in [0.15, 0.2) is 12.4 Å². The fraction of sp³-hybridized carbons (Fsp3) is 0.896. The minimum Gasteiger partial charge on any atom is -0.458 e. The zero-order valence-electron chi connectivity index (χ0n) is 67.4. The second-order valence-corrected chi connectivity index (χ2v) is 33.2. The van der Waals surface area contributed by atoms with E-state index in [1.54, 1.807) is 96.9 Å². The van der Waals surface area contributed by atoms with Gasteiger partial charge in [0.05, 0.1) is 0 Å². The Morgan fingerprint density at radius 2 is 0.788 bits per heavy atom. The molecule has 0 radical (unpaired) electrons. The minimum absolute atomic E-state index is 0.0180. The zero-order valence-corrected chi connectivity index (χ0v) is 67.4. The van der Waals surface area contributed by atoms with Crippen molar-refractivity contribution in [3.05, 3.63) is 0 Å². The van der Waals surface area contributed by atoms with Crippen LogP contribution in [0.4, 0.5) is 24.0 Å². The van der Waals surface area contributed by atoms with E-state index >= 15 is 0 Å². The molecule has 11 unspecified atom stereocenters. The Balaban J connectivity index is 3.01. The van der Waals surface area contributed by atoms with Crippen molar-refractivity contribution in [3.8, 4) is 0 Å². The van der Waals surface area contributed by atoms with Gasteiger partial charge in [-0.2, -0.15) is 0 Å². The Morgan fingerprint density at radius 3 is 1.25 bits per heavy atom. The molecule has 0 aromatic heterocycles. The molecule has 0 spiro atoms. The summed E-state index contributed by atoms with van der Waals surface area (Å²) in [6.07, 6.45) is 12.9. The molecule has 1 rings (SSSR count). The number of nitrogens with two attached hydrogens (primary N) is 1. The highest BCUT2D eigenvalue weighted by Gasteiger charge is 2.46. The number of esters is 1. The van der Waals surface area contributed by atoms with Crippen molar-refractivity contribution in [2.24, 2.45) is 11.7 Å². The fourth-order valence-corrected chi connectivity index (χ4v) is 12.9. The van der Waals surface area contributed by atoms with Gasteiger partial charge in [-0.15, -0.1) is 0 Å². The lowest BCUT2D eigenvalue weighted by Crippen LogP contribution is -2.61. The molecule has 27 nitrogen and oxygen atoms in total. The first-order valence-corrected chi connectivity index (χ1v) is 39.3. The first-order chi connectivity index (χ1) is 48.5. The topological polar surface area (TPSA) is 392 Å². The molecule has 0 aromatic carbocycles. The Labute approximate surface area is 624 Å². The van der Waals surface area contributed by atoms with Gasteiger partial charge in [-0.25, -0.2) is 28.8 Å². The fourth-order valence-electron chi connectivity index (χ4n) is 12.9. The Kier molecular flexibility index (Phi) is 45.9. The molecule has 11 atom stereocenters. The van der Waals surface area contributed by atoms with E-state index in [-0.39, 0.29) is 37.4 Å². The summed E-state index contributed by atoms with van der Waals surface area (Å²) < 4.78 is 40.2. The maximum atomic E-state index is 14.9. The Bertz CT molecular complexity index is 2470. The van der Waals surface area contributed by atoms with Crippen LogP contribution in [0, 0.1) is 5.92 Å². The third-order valence-electron chi connectivity index (χ3n) is 18.1.